The van der Waals surface area contributed by atoms with Crippen LogP contribution < -0.4 is 0 Å². The number of phosphoric acid groups is 1. The number of phosphoric ester groups is 1. The molecule has 0 bridgehead atoms. The van der Waals surface area contributed by atoms with Gasteiger partial charge in [0.15, 0.2) is 6.10 Å². The van der Waals surface area contributed by atoms with Crippen LogP contribution in [-0.2, 0) is 46.6 Å². The molecule has 10 nitrogen and oxygen atoms in total. The monoisotopic (exact) mass is 582 g/mol. The van der Waals surface area contributed by atoms with E-state index in [-0.39, 0.29) is 19.8 Å². The Morgan fingerprint density at radius 3 is 1.69 bits per heavy atom. The average Bonchev–Trinajstić information content (AvgIpc) is 2.90. The first-order valence-corrected chi connectivity index (χ1v) is 16.5. The van der Waals surface area contributed by atoms with Crippen LogP contribution in [0.15, 0.2) is 0 Å². The predicted octanol–water partition coefficient (Wildman–Crippen LogP) is 6.59. The Hall–Kier alpha value is -0.580. The summed E-state index contributed by atoms with van der Waals surface area (Å²) in [7, 11) is -4.05. The van der Waals surface area contributed by atoms with Gasteiger partial charge in [-0.15, -0.1) is 0 Å². The number of hydrogen-bond donors (Lipinski definition) is 0. The average molecular weight is 583 g/mol. The summed E-state index contributed by atoms with van der Waals surface area (Å²) in [6.45, 7) is 13.7. The molecule has 1 aliphatic heterocycles. The summed E-state index contributed by atoms with van der Waals surface area (Å²) in [5.74, 6) is -0.542. The van der Waals surface area contributed by atoms with Crippen molar-refractivity contribution in [2.45, 2.75) is 136 Å². The molecule has 0 N–H and O–H groups in total. The largest absolute Gasteiger partial charge is 0.477 e. The second-order valence-electron chi connectivity index (χ2n) is 9.85. The van der Waals surface area contributed by atoms with Crippen LogP contribution in [0.5, 0.6) is 0 Å². The minimum absolute atomic E-state index is 0.202. The number of unbranched alkanes of at least 4 members (excludes halogenated alkanes) is 5. The fraction of sp³-hybridized carbons (Fsp3) is 0.964. The summed E-state index contributed by atoms with van der Waals surface area (Å²) in [5, 5.41) is 0. The van der Waals surface area contributed by atoms with Crippen molar-refractivity contribution in [3.63, 3.8) is 0 Å². The second-order valence-corrected chi connectivity index (χ2v) is 11.5. The number of ether oxygens (including phenoxy) is 5. The molecule has 1 saturated heterocycles. The van der Waals surface area contributed by atoms with E-state index in [1.54, 1.807) is 0 Å². The highest BCUT2D eigenvalue weighted by Gasteiger charge is 2.52. The quantitative estimate of drug-likeness (QED) is 0.0703. The van der Waals surface area contributed by atoms with Gasteiger partial charge >= 0.3 is 13.8 Å². The molecule has 1 aliphatic rings. The maximum Gasteiger partial charge on any atom is 0.477 e. The number of esters is 1. The third-order valence-electron chi connectivity index (χ3n) is 6.16. The van der Waals surface area contributed by atoms with Crippen LogP contribution in [0.2, 0.25) is 0 Å². The van der Waals surface area contributed by atoms with E-state index in [0.717, 1.165) is 51.4 Å². The van der Waals surface area contributed by atoms with Crippen molar-refractivity contribution in [2.24, 2.45) is 0 Å². The molecule has 39 heavy (non-hydrogen) atoms. The van der Waals surface area contributed by atoms with Gasteiger partial charge in [0.2, 0.25) is 6.29 Å². The molecule has 0 aliphatic carbocycles. The molecule has 0 amide bonds. The molecule has 0 aromatic carbocycles. The maximum atomic E-state index is 13.7. The molecule has 0 spiro atoms. The van der Waals surface area contributed by atoms with E-state index in [9.17, 15) is 9.36 Å². The van der Waals surface area contributed by atoms with Gasteiger partial charge in [-0.1, -0.05) is 66.7 Å². The van der Waals surface area contributed by atoms with Crippen LogP contribution in [0.4, 0.5) is 0 Å². The van der Waals surface area contributed by atoms with Crippen molar-refractivity contribution >= 4 is 13.8 Å². The Balaban J connectivity index is 3.34. The highest BCUT2D eigenvalue weighted by molar-refractivity contribution is 7.48. The van der Waals surface area contributed by atoms with Gasteiger partial charge in [0.1, 0.15) is 18.3 Å². The Morgan fingerprint density at radius 1 is 0.692 bits per heavy atom. The van der Waals surface area contributed by atoms with Crippen LogP contribution in [0, 0.1) is 0 Å². The molecular formula is C28H55O10P. The highest BCUT2D eigenvalue weighted by atomic mass is 31.2. The first-order chi connectivity index (χ1) is 18.9. The zero-order chi connectivity index (χ0) is 28.9. The Kier molecular flexibility index (Phi) is 20.6. The van der Waals surface area contributed by atoms with Crippen LogP contribution >= 0.6 is 7.82 Å². The van der Waals surface area contributed by atoms with Gasteiger partial charge in [0, 0.05) is 26.7 Å². The molecule has 1 heterocycles. The SMILES string of the molecule is CCCCOCC1O[C@@H](OP(=O)(OCCCC)OCCCC)[C@@H](OC(C)=O)C(OCCCC)[C@@H]1OCCCC. The molecule has 11 heteroatoms. The van der Waals surface area contributed by atoms with Crippen LogP contribution in [0.3, 0.4) is 0 Å². The molecule has 5 atom stereocenters. The van der Waals surface area contributed by atoms with E-state index >= 15 is 0 Å². The maximum absolute atomic E-state index is 13.7. The van der Waals surface area contributed by atoms with Gasteiger partial charge in [-0.25, -0.2) is 4.57 Å². The van der Waals surface area contributed by atoms with Crippen molar-refractivity contribution in [3.8, 4) is 0 Å². The normalized spacial score (nSPS) is 23.7. The lowest BCUT2D eigenvalue weighted by atomic mass is 9.98. The second kappa shape index (κ2) is 22.1. The van der Waals surface area contributed by atoms with Gasteiger partial charge in [0.25, 0.3) is 0 Å². The number of carbonyl (C=O) groups is 1. The summed E-state index contributed by atoms with van der Waals surface area (Å²) >= 11 is 0. The van der Waals surface area contributed by atoms with Crippen molar-refractivity contribution in [1.29, 1.82) is 0 Å². The molecule has 0 radical (unpaired) electrons. The minimum atomic E-state index is -4.05. The first-order valence-electron chi connectivity index (χ1n) is 15.1. The molecule has 0 saturated carbocycles. The highest BCUT2D eigenvalue weighted by Crippen LogP contribution is 2.52. The van der Waals surface area contributed by atoms with E-state index in [2.05, 4.69) is 20.8 Å². The van der Waals surface area contributed by atoms with Crippen LogP contribution in [0.1, 0.15) is 106 Å². The fourth-order valence-corrected chi connectivity index (χ4v) is 5.17. The van der Waals surface area contributed by atoms with Crippen molar-refractivity contribution in [1.82, 2.24) is 0 Å². The van der Waals surface area contributed by atoms with E-state index in [4.69, 9.17) is 37.3 Å². The summed E-state index contributed by atoms with van der Waals surface area (Å²) in [6.07, 6.45) is 4.31. The van der Waals surface area contributed by atoms with Crippen molar-refractivity contribution < 1.29 is 46.6 Å². The first kappa shape index (κ1) is 36.4. The Bertz CT molecular complexity index is 650. The third kappa shape index (κ3) is 14.7. The van der Waals surface area contributed by atoms with E-state index in [0.29, 0.717) is 32.7 Å². The van der Waals surface area contributed by atoms with Crippen LogP contribution in [-0.4, -0.2) is 76.3 Å². The van der Waals surface area contributed by atoms with Gasteiger partial charge in [0.05, 0.1) is 19.8 Å². The molecule has 1 rings (SSSR count). The lowest BCUT2D eigenvalue weighted by molar-refractivity contribution is -0.302. The molecule has 1 fully saturated rings. The summed E-state index contributed by atoms with van der Waals surface area (Å²) in [4.78, 5) is 12.2. The molecule has 0 aromatic rings. The molecular weight excluding hydrogens is 527 g/mol. The van der Waals surface area contributed by atoms with Gasteiger partial charge in [-0.2, -0.15) is 0 Å². The summed E-state index contributed by atoms with van der Waals surface area (Å²) < 4.78 is 61.5. The van der Waals surface area contributed by atoms with Gasteiger partial charge in [-0.05, 0) is 32.1 Å². The number of carbonyl (C=O) groups excluding carboxylic acids is 1. The van der Waals surface area contributed by atoms with E-state index in [1.165, 1.54) is 6.92 Å². The Labute approximate surface area is 236 Å². The minimum Gasteiger partial charge on any atom is -0.454 e. The molecule has 2 unspecified atom stereocenters. The predicted molar refractivity (Wildman–Crippen MR) is 150 cm³/mol. The number of hydrogen-bond acceptors (Lipinski definition) is 10. The molecule has 0 aromatic heterocycles. The van der Waals surface area contributed by atoms with Gasteiger partial charge < -0.3 is 23.7 Å². The molecule has 232 valence electrons. The van der Waals surface area contributed by atoms with Crippen molar-refractivity contribution in [2.75, 3.05) is 39.6 Å². The summed E-state index contributed by atoms with van der Waals surface area (Å²) in [5.41, 5.74) is 0. The number of rotatable bonds is 24. The van der Waals surface area contributed by atoms with E-state index < -0.39 is 44.5 Å². The van der Waals surface area contributed by atoms with Gasteiger partial charge in [-0.3, -0.25) is 18.4 Å². The zero-order valence-electron chi connectivity index (χ0n) is 25.2. The standard InChI is InChI=1S/C28H55O10P/c1-7-12-17-31-22-24-25(32-18-13-8-2)26(33-19-14-9-3)27(36-23(6)29)28(37-24)38-39(30,34-20-15-10-4)35-21-16-11-5/h24-28H,7-22H2,1-6H3/t24?,25-,26?,27+,28+/m1/s1. The van der Waals surface area contributed by atoms with Crippen LogP contribution in [0.25, 0.3) is 0 Å². The van der Waals surface area contributed by atoms with E-state index in [1.807, 2.05) is 13.8 Å². The zero-order valence-corrected chi connectivity index (χ0v) is 26.1. The third-order valence-corrected chi connectivity index (χ3v) is 7.63. The smallest absolute Gasteiger partial charge is 0.454 e. The fourth-order valence-electron chi connectivity index (χ4n) is 3.85. The lowest BCUT2D eigenvalue weighted by Gasteiger charge is -2.45. The van der Waals surface area contributed by atoms with Crippen molar-refractivity contribution in [3.05, 3.63) is 0 Å². The topological polar surface area (TPSA) is 108 Å². The lowest BCUT2D eigenvalue weighted by Crippen LogP contribution is -2.62. The Morgan fingerprint density at radius 2 is 1.18 bits per heavy atom. The summed E-state index contributed by atoms with van der Waals surface area (Å²) in [6, 6.07) is 0.